The van der Waals surface area contributed by atoms with Gasteiger partial charge in [-0.15, -0.1) is 0 Å². The molecule has 0 saturated carbocycles. The maximum atomic E-state index is 13.7. The highest BCUT2D eigenvalue weighted by Crippen LogP contribution is 2.29. The zero-order valence-electron chi connectivity index (χ0n) is 21.4. The molecular weight excluding hydrogens is 517 g/mol. The predicted octanol–water partition coefficient (Wildman–Crippen LogP) is 5.16. The number of aromatic nitrogens is 2. The van der Waals surface area contributed by atoms with Gasteiger partial charge in [0.25, 0.3) is 5.91 Å². The largest absolute Gasteiger partial charge is 0.478 e. The lowest BCUT2D eigenvalue weighted by molar-refractivity contribution is -0.137. The van der Waals surface area contributed by atoms with E-state index in [1.54, 1.807) is 16.7 Å². The van der Waals surface area contributed by atoms with E-state index in [0.717, 1.165) is 29.9 Å². The van der Waals surface area contributed by atoms with E-state index >= 15 is 0 Å². The molecule has 0 spiro atoms. The van der Waals surface area contributed by atoms with Gasteiger partial charge in [0.2, 0.25) is 0 Å². The number of urea groups is 1. The molecule has 0 aliphatic carbocycles. The number of rotatable bonds is 10. The van der Waals surface area contributed by atoms with Crippen LogP contribution >= 0.6 is 0 Å². The maximum Gasteiger partial charge on any atom is 0.416 e. The van der Waals surface area contributed by atoms with Crippen LogP contribution in [-0.4, -0.2) is 48.7 Å². The van der Waals surface area contributed by atoms with E-state index < -0.39 is 35.7 Å². The Hall–Kier alpha value is -4.19. The lowest BCUT2D eigenvalue weighted by atomic mass is 10.0. The van der Waals surface area contributed by atoms with E-state index in [1.807, 2.05) is 6.92 Å². The molecule has 9 nitrogen and oxygen atoms in total. The van der Waals surface area contributed by atoms with E-state index in [4.69, 9.17) is 5.11 Å². The van der Waals surface area contributed by atoms with E-state index in [-0.39, 0.29) is 24.2 Å². The maximum absolute atomic E-state index is 13.7. The van der Waals surface area contributed by atoms with Gasteiger partial charge in [-0.1, -0.05) is 37.6 Å². The number of aromatic carboxylic acids is 1. The van der Waals surface area contributed by atoms with Crippen LogP contribution in [0.3, 0.4) is 0 Å². The van der Waals surface area contributed by atoms with Crippen molar-refractivity contribution in [3.63, 3.8) is 0 Å². The molecule has 0 aliphatic heterocycles. The van der Waals surface area contributed by atoms with Crippen molar-refractivity contribution in [3.05, 3.63) is 88.5 Å². The molecule has 1 heterocycles. The Morgan fingerprint density at radius 1 is 1.05 bits per heavy atom. The molecule has 0 bridgehead atoms. The van der Waals surface area contributed by atoms with Crippen molar-refractivity contribution in [2.75, 3.05) is 0 Å². The van der Waals surface area contributed by atoms with E-state index in [9.17, 15) is 32.8 Å². The number of carboxylic acid groups (broad SMARTS) is 1. The Morgan fingerprint density at radius 3 is 2.21 bits per heavy atom. The number of carbonyl (C=O) groups is 3. The van der Waals surface area contributed by atoms with Gasteiger partial charge in [-0.3, -0.25) is 14.9 Å². The highest BCUT2D eigenvalue weighted by Gasteiger charge is 2.32. The molecule has 12 heteroatoms. The molecular formula is C27H29F3N4O5. The molecule has 0 aliphatic rings. The molecule has 1 aromatic heterocycles. The lowest BCUT2D eigenvalue weighted by Gasteiger charge is -2.27. The first-order chi connectivity index (χ1) is 18.5. The molecule has 39 heavy (non-hydrogen) atoms. The third-order valence-electron chi connectivity index (χ3n) is 6.24. The van der Waals surface area contributed by atoms with E-state index in [1.165, 1.54) is 42.9 Å². The summed E-state index contributed by atoms with van der Waals surface area (Å²) in [6.45, 7) is 3.70. The van der Waals surface area contributed by atoms with Crippen molar-refractivity contribution in [1.82, 2.24) is 19.9 Å². The highest BCUT2D eigenvalue weighted by molar-refractivity contribution is 6.03. The summed E-state index contributed by atoms with van der Waals surface area (Å²) in [7, 11) is 0. The van der Waals surface area contributed by atoms with Crippen LogP contribution in [0.4, 0.5) is 18.0 Å². The fraction of sp³-hybridized carbons (Fsp3) is 0.333. The Bertz CT molecular complexity index is 1300. The Labute approximate surface area is 222 Å². The van der Waals surface area contributed by atoms with Crippen molar-refractivity contribution >= 4 is 17.9 Å². The van der Waals surface area contributed by atoms with Crippen LogP contribution in [0.5, 0.6) is 0 Å². The van der Waals surface area contributed by atoms with E-state index in [2.05, 4.69) is 4.98 Å². The summed E-state index contributed by atoms with van der Waals surface area (Å²) in [5.41, 5.74) is 1.97. The van der Waals surface area contributed by atoms with Crippen LogP contribution in [0.1, 0.15) is 70.1 Å². The van der Waals surface area contributed by atoms with Gasteiger partial charge < -0.3 is 9.67 Å². The zero-order valence-corrected chi connectivity index (χ0v) is 21.4. The second kappa shape index (κ2) is 12.6. The minimum absolute atomic E-state index is 0.0325. The standard InChI is InChI=1S/C27H29F3N4O5/c1-3-4-5-23-31-15-22(33(23)16-19-6-10-20(11-7-19)25(36)37)24(35)34(26(38)32-39)17(2)14-18-8-12-21(13-9-18)27(28,29)30/h6-13,15,17,39H,3-5,14,16H2,1-2H3,(H,32,38)(H,36,37). The van der Waals surface area contributed by atoms with Gasteiger partial charge in [-0.05, 0) is 55.2 Å². The van der Waals surface area contributed by atoms with Gasteiger partial charge in [0, 0.05) is 19.0 Å². The second-order valence-electron chi connectivity index (χ2n) is 9.09. The first kappa shape index (κ1) is 29.4. The number of benzene rings is 2. The summed E-state index contributed by atoms with van der Waals surface area (Å²) >= 11 is 0. The van der Waals surface area contributed by atoms with Gasteiger partial charge >= 0.3 is 18.2 Å². The fourth-order valence-corrected chi connectivity index (χ4v) is 4.16. The number of aryl methyl sites for hydroxylation is 1. The second-order valence-corrected chi connectivity index (χ2v) is 9.09. The smallest absolute Gasteiger partial charge is 0.416 e. The van der Waals surface area contributed by atoms with Crippen LogP contribution in [0, 0.1) is 0 Å². The SMILES string of the molecule is CCCCc1ncc(C(=O)N(C(=O)NO)C(C)Cc2ccc(C(F)(F)F)cc2)n1Cc1ccc(C(=O)O)cc1. The quantitative estimate of drug-likeness (QED) is 0.238. The number of imide groups is 1. The van der Waals surface area contributed by atoms with Crippen molar-refractivity contribution in [2.24, 2.45) is 0 Å². The number of halogens is 3. The number of nitrogens with one attached hydrogen (secondary N) is 1. The number of amides is 3. The number of hydrogen-bond acceptors (Lipinski definition) is 5. The molecule has 3 amide bonds. The predicted molar refractivity (Wildman–Crippen MR) is 134 cm³/mol. The third-order valence-corrected chi connectivity index (χ3v) is 6.24. The summed E-state index contributed by atoms with van der Waals surface area (Å²) in [5.74, 6) is -1.25. The summed E-state index contributed by atoms with van der Waals surface area (Å²) in [4.78, 5) is 42.6. The van der Waals surface area contributed by atoms with Crippen LogP contribution in [0.15, 0.2) is 54.7 Å². The number of hydroxylamine groups is 1. The molecule has 3 N–H and O–H groups in total. The van der Waals surface area contributed by atoms with Gasteiger partial charge in [0.05, 0.1) is 17.3 Å². The van der Waals surface area contributed by atoms with Gasteiger partial charge in [-0.2, -0.15) is 13.2 Å². The molecule has 2 aromatic carbocycles. The monoisotopic (exact) mass is 546 g/mol. The van der Waals surface area contributed by atoms with Crippen LogP contribution in [0.2, 0.25) is 0 Å². The zero-order chi connectivity index (χ0) is 28.7. The van der Waals surface area contributed by atoms with Crippen molar-refractivity contribution < 1.29 is 37.9 Å². The number of unbranched alkanes of at least 4 members (excludes halogenated alkanes) is 1. The number of alkyl halides is 3. The molecule has 0 fully saturated rings. The number of nitrogens with zero attached hydrogens (tertiary/aromatic N) is 3. The Kier molecular flexibility index (Phi) is 9.47. The summed E-state index contributed by atoms with van der Waals surface area (Å²) in [6, 6.07) is 8.56. The molecule has 3 aromatic rings. The summed E-state index contributed by atoms with van der Waals surface area (Å²) < 4.78 is 40.4. The molecule has 1 unspecified atom stereocenters. The number of hydrogen-bond donors (Lipinski definition) is 3. The van der Waals surface area contributed by atoms with E-state index in [0.29, 0.717) is 23.4 Å². The van der Waals surface area contributed by atoms with Crippen molar-refractivity contribution in [1.29, 1.82) is 0 Å². The molecule has 0 radical (unpaired) electrons. The molecule has 3 rings (SSSR count). The van der Waals surface area contributed by atoms with Gasteiger partial charge in [0.15, 0.2) is 0 Å². The fourth-order valence-electron chi connectivity index (χ4n) is 4.16. The van der Waals surface area contributed by atoms with Crippen molar-refractivity contribution in [2.45, 2.75) is 58.3 Å². The summed E-state index contributed by atoms with van der Waals surface area (Å²) in [6.07, 6.45) is -0.929. The Balaban J connectivity index is 1.92. The topological polar surface area (TPSA) is 125 Å². The van der Waals surface area contributed by atoms with Crippen LogP contribution in [-0.2, 0) is 25.6 Å². The van der Waals surface area contributed by atoms with Gasteiger partial charge in [0.1, 0.15) is 11.5 Å². The average Bonchev–Trinajstić information content (AvgIpc) is 3.29. The molecule has 0 saturated heterocycles. The van der Waals surface area contributed by atoms with Gasteiger partial charge in [-0.25, -0.2) is 20.1 Å². The van der Waals surface area contributed by atoms with Crippen LogP contribution < -0.4 is 5.48 Å². The summed E-state index contributed by atoms with van der Waals surface area (Å²) in [5, 5.41) is 18.5. The number of carbonyl (C=O) groups excluding carboxylic acids is 2. The first-order valence-electron chi connectivity index (χ1n) is 12.3. The van der Waals surface area contributed by atoms with Crippen LogP contribution in [0.25, 0.3) is 0 Å². The first-order valence-corrected chi connectivity index (χ1v) is 12.3. The lowest BCUT2D eigenvalue weighted by Crippen LogP contribution is -2.49. The molecule has 208 valence electrons. The third kappa shape index (κ3) is 7.23. The normalized spacial score (nSPS) is 12.2. The molecule has 1 atom stereocenters. The minimum Gasteiger partial charge on any atom is -0.478 e. The number of imidazole rings is 1. The van der Waals surface area contributed by atoms with Crippen molar-refractivity contribution in [3.8, 4) is 0 Å². The minimum atomic E-state index is -4.50. The number of carboxylic acids is 1. The Morgan fingerprint density at radius 2 is 1.67 bits per heavy atom. The highest BCUT2D eigenvalue weighted by atomic mass is 19.4. The average molecular weight is 547 g/mol.